The summed E-state index contributed by atoms with van der Waals surface area (Å²) in [4.78, 5) is 25.3. The molecule has 2 aromatic rings. The van der Waals surface area contributed by atoms with Gasteiger partial charge in [-0.1, -0.05) is 30.0 Å². The predicted molar refractivity (Wildman–Crippen MR) is 75.2 cm³/mol. The third kappa shape index (κ3) is 2.31. The Balaban J connectivity index is 2.15. The summed E-state index contributed by atoms with van der Waals surface area (Å²) in [6.07, 6.45) is 0.393. The standard InChI is InChI=1S/C15H9ClO2S/c16-15(18)10-5-6-11-12(17)7-9-3-1-2-4-13(9)19-14(11)8-10/h1-6,8H,7H2. The van der Waals surface area contributed by atoms with E-state index in [0.717, 1.165) is 15.4 Å². The number of carbonyl (C=O) groups is 2. The average Bonchev–Trinajstić information content (AvgIpc) is 2.54. The van der Waals surface area contributed by atoms with Crippen molar-refractivity contribution in [1.29, 1.82) is 0 Å². The van der Waals surface area contributed by atoms with E-state index in [1.165, 1.54) is 11.8 Å². The van der Waals surface area contributed by atoms with Gasteiger partial charge in [-0.3, -0.25) is 9.59 Å². The smallest absolute Gasteiger partial charge is 0.252 e. The Bertz CT molecular complexity index is 694. The first-order chi connectivity index (χ1) is 9.15. The fourth-order valence-electron chi connectivity index (χ4n) is 2.10. The highest BCUT2D eigenvalue weighted by Crippen LogP contribution is 2.37. The molecular weight excluding hydrogens is 280 g/mol. The molecule has 0 atom stereocenters. The van der Waals surface area contributed by atoms with E-state index >= 15 is 0 Å². The predicted octanol–water partition coefficient (Wildman–Crippen LogP) is 3.96. The number of halogens is 1. The molecule has 0 fully saturated rings. The number of ketones is 1. The summed E-state index contributed by atoms with van der Waals surface area (Å²) < 4.78 is 0. The van der Waals surface area contributed by atoms with Gasteiger partial charge in [0.1, 0.15) is 0 Å². The van der Waals surface area contributed by atoms with Gasteiger partial charge in [0.05, 0.1) is 0 Å². The zero-order chi connectivity index (χ0) is 13.4. The maximum atomic E-state index is 12.2. The molecule has 1 heterocycles. The van der Waals surface area contributed by atoms with Crippen molar-refractivity contribution in [2.24, 2.45) is 0 Å². The van der Waals surface area contributed by atoms with Crippen LogP contribution >= 0.6 is 23.4 Å². The first-order valence-electron chi connectivity index (χ1n) is 5.78. The number of hydrogen-bond acceptors (Lipinski definition) is 3. The summed E-state index contributed by atoms with van der Waals surface area (Å²) in [6, 6.07) is 12.8. The largest absolute Gasteiger partial charge is 0.294 e. The highest BCUT2D eigenvalue weighted by molar-refractivity contribution is 7.99. The van der Waals surface area contributed by atoms with Crippen molar-refractivity contribution in [1.82, 2.24) is 0 Å². The van der Waals surface area contributed by atoms with Gasteiger partial charge in [0.25, 0.3) is 5.24 Å². The minimum Gasteiger partial charge on any atom is -0.294 e. The second-order valence-corrected chi connectivity index (χ2v) is 5.72. The summed E-state index contributed by atoms with van der Waals surface area (Å²) in [5, 5.41) is -0.506. The van der Waals surface area contributed by atoms with Crippen molar-refractivity contribution in [2.45, 2.75) is 16.2 Å². The van der Waals surface area contributed by atoms with Crippen LogP contribution in [0.5, 0.6) is 0 Å². The van der Waals surface area contributed by atoms with Gasteiger partial charge in [0, 0.05) is 27.3 Å². The summed E-state index contributed by atoms with van der Waals surface area (Å²) >= 11 is 7.00. The molecule has 0 bridgehead atoms. The second kappa shape index (κ2) is 4.83. The fraction of sp³-hybridized carbons (Fsp3) is 0.0667. The van der Waals surface area contributed by atoms with E-state index in [4.69, 9.17) is 11.6 Å². The Morgan fingerprint density at radius 2 is 1.89 bits per heavy atom. The van der Waals surface area contributed by atoms with Gasteiger partial charge in [-0.05, 0) is 41.4 Å². The lowest BCUT2D eigenvalue weighted by Gasteiger charge is -2.05. The van der Waals surface area contributed by atoms with Crippen molar-refractivity contribution in [2.75, 3.05) is 0 Å². The second-order valence-electron chi connectivity index (χ2n) is 4.29. The summed E-state index contributed by atoms with van der Waals surface area (Å²) in [6.45, 7) is 0. The molecule has 0 saturated heterocycles. The van der Waals surface area contributed by atoms with Gasteiger partial charge in [-0.2, -0.15) is 0 Å². The Morgan fingerprint density at radius 3 is 2.68 bits per heavy atom. The molecule has 94 valence electrons. The minimum absolute atomic E-state index is 0.0704. The first-order valence-corrected chi connectivity index (χ1v) is 6.97. The van der Waals surface area contributed by atoms with Crippen LogP contribution in [0.2, 0.25) is 0 Å². The van der Waals surface area contributed by atoms with Crippen LogP contribution in [0.1, 0.15) is 26.3 Å². The van der Waals surface area contributed by atoms with Crippen molar-refractivity contribution < 1.29 is 9.59 Å². The molecule has 0 unspecified atom stereocenters. The zero-order valence-corrected chi connectivity index (χ0v) is 11.4. The number of fused-ring (bicyclic) bond motifs is 2. The van der Waals surface area contributed by atoms with E-state index in [0.29, 0.717) is 17.5 Å². The molecule has 0 aromatic heterocycles. The molecule has 3 rings (SSSR count). The third-order valence-electron chi connectivity index (χ3n) is 3.05. The first kappa shape index (κ1) is 12.5. The van der Waals surface area contributed by atoms with Crippen molar-refractivity contribution in [3.05, 3.63) is 59.2 Å². The molecule has 0 radical (unpaired) electrons. The van der Waals surface area contributed by atoms with E-state index < -0.39 is 5.24 Å². The van der Waals surface area contributed by atoms with Crippen LogP contribution in [0, 0.1) is 0 Å². The molecule has 19 heavy (non-hydrogen) atoms. The number of hydrogen-bond donors (Lipinski definition) is 0. The highest BCUT2D eigenvalue weighted by Gasteiger charge is 2.21. The number of carbonyl (C=O) groups excluding carboxylic acids is 2. The van der Waals surface area contributed by atoms with Crippen LogP contribution in [0.15, 0.2) is 52.3 Å². The lowest BCUT2D eigenvalue weighted by molar-refractivity contribution is 0.0988. The quantitative estimate of drug-likeness (QED) is 0.745. The molecule has 0 saturated carbocycles. The van der Waals surface area contributed by atoms with Crippen LogP contribution in [-0.4, -0.2) is 11.0 Å². The van der Waals surface area contributed by atoms with E-state index in [1.54, 1.807) is 18.2 Å². The lowest BCUT2D eigenvalue weighted by Crippen LogP contribution is -2.03. The van der Waals surface area contributed by atoms with Gasteiger partial charge in [0.2, 0.25) is 0 Å². The molecule has 0 N–H and O–H groups in total. The van der Waals surface area contributed by atoms with Crippen LogP contribution in [0.3, 0.4) is 0 Å². The van der Waals surface area contributed by atoms with Gasteiger partial charge in [0.15, 0.2) is 5.78 Å². The van der Waals surface area contributed by atoms with Crippen LogP contribution in [0.25, 0.3) is 0 Å². The summed E-state index contributed by atoms with van der Waals surface area (Å²) in [7, 11) is 0. The van der Waals surface area contributed by atoms with Crippen LogP contribution < -0.4 is 0 Å². The topological polar surface area (TPSA) is 34.1 Å². The Hall–Kier alpha value is -1.58. The van der Waals surface area contributed by atoms with Crippen molar-refractivity contribution in [3.63, 3.8) is 0 Å². The molecular formula is C15H9ClO2S. The van der Waals surface area contributed by atoms with Crippen molar-refractivity contribution >= 4 is 34.4 Å². The van der Waals surface area contributed by atoms with E-state index in [1.807, 2.05) is 24.3 Å². The van der Waals surface area contributed by atoms with E-state index in [9.17, 15) is 9.59 Å². The Kier molecular flexibility index (Phi) is 3.17. The molecule has 0 amide bonds. The van der Waals surface area contributed by atoms with Crippen LogP contribution in [-0.2, 0) is 6.42 Å². The van der Waals surface area contributed by atoms with Crippen molar-refractivity contribution in [3.8, 4) is 0 Å². The summed E-state index contributed by atoms with van der Waals surface area (Å²) in [5.41, 5.74) is 2.09. The minimum atomic E-state index is -0.506. The average molecular weight is 289 g/mol. The zero-order valence-electron chi connectivity index (χ0n) is 9.85. The molecule has 4 heteroatoms. The Morgan fingerprint density at radius 1 is 1.11 bits per heavy atom. The summed E-state index contributed by atoms with van der Waals surface area (Å²) in [5.74, 6) is 0.0704. The van der Waals surface area contributed by atoms with E-state index in [2.05, 4.69) is 0 Å². The maximum absolute atomic E-state index is 12.2. The maximum Gasteiger partial charge on any atom is 0.252 e. The van der Waals surface area contributed by atoms with Gasteiger partial charge in [-0.25, -0.2) is 0 Å². The molecule has 0 spiro atoms. The number of benzene rings is 2. The lowest BCUT2D eigenvalue weighted by atomic mass is 10.0. The molecule has 1 aliphatic rings. The number of rotatable bonds is 1. The molecule has 2 nitrogen and oxygen atoms in total. The molecule has 2 aromatic carbocycles. The highest BCUT2D eigenvalue weighted by atomic mass is 35.5. The third-order valence-corrected chi connectivity index (χ3v) is 4.45. The fourth-order valence-corrected chi connectivity index (χ4v) is 3.35. The van der Waals surface area contributed by atoms with Gasteiger partial charge < -0.3 is 0 Å². The molecule has 0 aliphatic carbocycles. The molecule has 1 aliphatic heterocycles. The monoisotopic (exact) mass is 288 g/mol. The normalized spacial score (nSPS) is 13.4. The van der Waals surface area contributed by atoms with Gasteiger partial charge >= 0.3 is 0 Å². The number of Topliss-reactive ketones (excluding diaryl/α,β-unsaturated/α-hetero) is 1. The van der Waals surface area contributed by atoms with Crippen LogP contribution in [0.4, 0.5) is 0 Å². The van der Waals surface area contributed by atoms with Gasteiger partial charge in [-0.15, -0.1) is 0 Å². The Labute approximate surface area is 119 Å². The van der Waals surface area contributed by atoms with E-state index in [-0.39, 0.29) is 5.78 Å². The SMILES string of the molecule is O=C(Cl)c1ccc2c(c1)Sc1ccccc1CC2=O.